The number of amidine groups is 1. The van der Waals surface area contributed by atoms with Crippen molar-refractivity contribution in [3.05, 3.63) is 12.2 Å². The lowest BCUT2D eigenvalue weighted by atomic mass is 10.6. The summed E-state index contributed by atoms with van der Waals surface area (Å²) >= 11 is 3.79. The molecule has 5 nitrogen and oxygen atoms in total. The third-order valence-corrected chi connectivity index (χ3v) is 0.914. The summed E-state index contributed by atoms with van der Waals surface area (Å²) in [6.45, 7) is 0. The third kappa shape index (κ3) is 1.20. The second kappa shape index (κ2) is 2.06. The Bertz CT molecular complexity index is 228. The van der Waals surface area contributed by atoms with Crippen molar-refractivity contribution in [1.82, 2.24) is 14.2 Å². The minimum Gasteiger partial charge on any atom is -0.381 e. The van der Waals surface area contributed by atoms with Crippen molar-refractivity contribution in [2.24, 2.45) is 5.73 Å². The molecule has 0 atom stereocenters. The largest absolute Gasteiger partial charge is 0.381 e. The SMILES string of the molecule is N=C(N)c1ncn(S)n1. The smallest absolute Gasteiger partial charge is 0.216 e. The van der Waals surface area contributed by atoms with Gasteiger partial charge in [-0.2, -0.15) is 4.09 Å². The minimum atomic E-state index is -0.150. The van der Waals surface area contributed by atoms with E-state index >= 15 is 0 Å². The summed E-state index contributed by atoms with van der Waals surface area (Å²) in [4.78, 5) is 3.64. The van der Waals surface area contributed by atoms with Crippen LogP contribution in [0, 0.1) is 5.41 Å². The molecule has 6 heteroatoms. The van der Waals surface area contributed by atoms with Gasteiger partial charge in [-0.25, -0.2) is 4.98 Å². The van der Waals surface area contributed by atoms with Crippen LogP contribution in [0.15, 0.2) is 6.33 Å². The predicted octanol–water partition coefficient (Wildman–Crippen LogP) is -0.745. The number of aromatic nitrogens is 3. The zero-order chi connectivity index (χ0) is 6.85. The van der Waals surface area contributed by atoms with Crippen molar-refractivity contribution < 1.29 is 0 Å². The van der Waals surface area contributed by atoms with Gasteiger partial charge < -0.3 is 5.73 Å². The topological polar surface area (TPSA) is 80.6 Å². The lowest BCUT2D eigenvalue weighted by Crippen LogP contribution is -2.13. The van der Waals surface area contributed by atoms with Gasteiger partial charge in [-0.15, -0.1) is 5.10 Å². The molecule has 1 heterocycles. The van der Waals surface area contributed by atoms with Crippen molar-refractivity contribution in [2.45, 2.75) is 0 Å². The molecule has 1 aromatic rings. The van der Waals surface area contributed by atoms with Gasteiger partial charge >= 0.3 is 0 Å². The van der Waals surface area contributed by atoms with E-state index in [1.807, 2.05) is 0 Å². The zero-order valence-corrected chi connectivity index (χ0v) is 5.34. The standard InChI is InChI=1S/C3H5N5S/c4-2(5)3-6-1-8(9)7-3/h1,9H,(H3,4,5). The number of hydrogen-bond donors (Lipinski definition) is 3. The Morgan fingerprint density at radius 1 is 1.89 bits per heavy atom. The molecule has 0 radical (unpaired) electrons. The molecule has 0 unspecified atom stereocenters. The first kappa shape index (κ1) is 6.09. The summed E-state index contributed by atoms with van der Waals surface area (Å²) in [5, 5.41) is 10.5. The molecule has 0 aliphatic carbocycles. The van der Waals surface area contributed by atoms with Crippen LogP contribution >= 0.6 is 12.8 Å². The Labute approximate surface area is 56.9 Å². The van der Waals surface area contributed by atoms with E-state index in [0.29, 0.717) is 0 Å². The first-order valence-electron chi connectivity index (χ1n) is 2.15. The highest BCUT2D eigenvalue weighted by Crippen LogP contribution is 1.87. The first-order chi connectivity index (χ1) is 4.20. The van der Waals surface area contributed by atoms with Gasteiger partial charge in [0, 0.05) is 0 Å². The molecule has 0 aliphatic rings. The summed E-state index contributed by atoms with van der Waals surface area (Å²) in [7, 11) is 0. The maximum absolute atomic E-state index is 6.85. The van der Waals surface area contributed by atoms with Gasteiger partial charge in [0.25, 0.3) is 0 Å². The summed E-state index contributed by atoms with van der Waals surface area (Å²) in [5.41, 5.74) is 5.04. The summed E-state index contributed by atoms with van der Waals surface area (Å²) < 4.78 is 1.19. The molecule has 0 aliphatic heterocycles. The van der Waals surface area contributed by atoms with Crippen LogP contribution < -0.4 is 5.73 Å². The highest BCUT2D eigenvalue weighted by atomic mass is 32.1. The molecule has 0 spiro atoms. The Morgan fingerprint density at radius 3 is 2.78 bits per heavy atom. The third-order valence-electron chi connectivity index (χ3n) is 0.721. The quantitative estimate of drug-likeness (QED) is 0.275. The molecular weight excluding hydrogens is 138 g/mol. The van der Waals surface area contributed by atoms with E-state index in [9.17, 15) is 0 Å². The summed E-state index contributed by atoms with van der Waals surface area (Å²) in [6, 6.07) is 0. The number of nitrogens with one attached hydrogen (secondary N) is 1. The zero-order valence-electron chi connectivity index (χ0n) is 4.44. The molecule has 0 aromatic carbocycles. The monoisotopic (exact) mass is 143 g/mol. The van der Waals surface area contributed by atoms with E-state index in [-0.39, 0.29) is 11.7 Å². The van der Waals surface area contributed by atoms with Crippen molar-refractivity contribution in [1.29, 1.82) is 5.41 Å². The molecule has 0 bridgehead atoms. The molecule has 3 N–H and O–H groups in total. The van der Waals surface area contributed by atoms with Gasteiger partial charge in [0.1, 0.15) is 6.33 Å². The van der Waals surface area contributed by atoms with Crippen LogP contribution in [-0.4, -0.2) is 20.0 Å². The maximum Gasteiger partial charge on any atom is 0.216 e. The van der Waals surface area contributed by atoms with Gasteiger partial charge in [0.2, 0.25) is 5.82 Å². The Balaban J connectivity index is 2.98. The number of thiol groups is 1. The fourth-order valence-electron chi connectivity index (χ4n) is 0.378. The van der Waals surface area contributed by atoms with E-state index < -0.39 is 0 Å². The molecular formula is C3H5N5S. The predicted molar refractivity (Wildman–Crippen MR) is 35.4 cm³/mol. The fraction of sp³-hybridized carbons (Fsp3) is 0. The first-order valence-corrected chi connectivity index (χ1v) is 2.55. The van der Waals surface area contributed by atoms with E-state index in [4.69, 9.17) is 11.1 Å². The Hall–Kier alpha value is -1.04. The molecule has 48 valence electrons. The van der Waals surface area contributed by atoms with Gasteiger partial charge in [0.05, 0.1) is 0 Å². The van der Waals surface area contributed by atoms with Gasteiger partial charge in [-0.3, -0.25) is 5.41 Å². The van der Waals surface area contributed by atoms with E-state index in [2.05, 4.69) is 22.9 Å². The molecule has 1 aromatic heterocycles. The Morgan fingerprint density at radius 2 is 2.56 bits per heavy atom. The second-order valence-corrected chi connectivity index (χ2v) is 1.81. The van der Waals surface area contributed by atoms with Crippen molar-refractivity contribution >= 4 is 18.7 Å². The van der Waals surface area contributed by atoms with Crippen molar-refractivity contribution in [3.8, 4) is 0 Å². The van der Waals surface area contributed by atoms with E-state index in [1.54, 1.807) is 0 Å². The minimum absolute atomic E-state index is 0.150. The number of nitrogen functional groups attached to an aromatic ring is 1. The second-order valence-electron chi connectivity index (χ2n) is 1.40. The summed E-state index contributed by atoms with van der Waals surface area (Å²) in [6.07, 6.45) is 1.36. The highest BCUT2D eigenvalue weighted by molar-refractivity contribution is 7.78. The van der Waals surface area contributed by atoms with Gasteiger partial charge in [-0.05, 0) is 12.8 Å². The Kier molecular flexibility index (Phi) is 1.39. The maximum atomic E-state index is 6.85. The lowest BCUT2D eigenvalue weighted by molar-refractivity contribution is 1.01. The average Bonchev–Trinajstić information content (AvgIpc) is 2.14. The number of rotatable bonds is 1. The van der Waals surface area contributed by atoms with Crippen LogP contribution in [0.1, 0.15) is 5.82 Å². The van der Waals surface area contributed by atoms with Crippen molar-refractivity contribution in [2.75, 3.05) is 0 Å². The number of nitrogens with zero attached hydrogens (tertiary/aromatic N) is 3. The fourth-order valence-corrected chi connectivity index (χ4v) is 0.515. The van der Waals surface area contributed by atoms with Gasteiger partial charge in [0.15, 0.2) is 5.84 Å². The average molecular weight is 143 g/mol. The molecule has 0 fully saturated rings. The molecule has 0 amide bonds. The van der Waals surface area contributed by atoms with E-state index in [0.717, 1.165) is 0 Å². The lowest BCUT2D eigenvalue weighted by Gasteiger charge is -1.83. The highest BCUT2D eigenvalue weighted by Gasteiger charge is 1.99. The van der Waals surface area contributed by atoms with Crippen LogP contribution in [-0.2, 0) is 0 Å². The molecule has 1 rings (SSSR count). The van der Waals surface area contributed by atoms with Crippen LogP contribution in [0.25, 0.3) is 0 Å². The number of nitrogens with two attached hydrogens (primary N) is 1. The molecule has 0 saturated heterocycles. The van der Waals surface area contributed by atoms with E-state index in [1.165, 1.54) is 10.4 Å². The van der Waals surface area contributed by atoms with Crippen molar-refractivity contribution in [3.63, 3.8) is 0 Å². The van der Waals surface area contributed by atoms with Crippen LogP contribution in [0.2, 0.25) is 0 Å². The van der Waals surface area contributed by atoms with Crippen LogP contribution in [0.3, 0.4) is 0 Å². The van der Waals surface area contributed by atoms with Gasteiger partial charge in [-0.1, -0.05) is 0 Å². The van der Waals surface area contributed by atoms with Crippen LogP contribution in [0.4, 0.5) is 0 Å². The number of hydrogen-bond acceptors (Lipinski definition) is 4. The molecule has 9 heavy (non-hydrogen) atoms. The normalized spacial score (nSPS) is 9.44. The summed E-state index contributed by atoms with van der Waals surface area (Å²) in [5.74, 6) is 0.0489. The molecule has 0 saturated carbocycles. The van der Waals surface area contributed by atoms with Crippen LogP contribution in [0.5, 0.6) is 0 Å².